The van der Waals surface area contributed by atoms with Crippen molar-refractivity contribution in [3.63, 3.8) is 0 Å². The van der Waals surface area contributed by atoms with Gasteiger partial charge in [-0.3, -0.25) is 0 Å². The van der Waals surface area contributed by atoms with Gasteiger partial charge in [0, 0.05) is 24.8 Å². The van der Waals surface area contributed by atoms with Crippen LogP contribution in [0.3, 0.4) is 0 Å². The van der Waals surface area contributed by atoms with Gasteiger partial charge in [-0.25, -0.2) is 19.9 Å². The van der Waals surface area contributed by atoms with Crippen molar-refractivity contribution in [2.45, 2.75) is 25.2 Å². The molecule has 0 aliphatic heterocycles. The lowest BCUT2D eigenvalue weighted by molar-refractivity contribution is 0.414. The lowest BCUT2D eigenvalue weighted by Gasteiger charge is -2.10. The van der Waals surface area contributed by atoms with Gasteiger partial charge in [-0.05, 0) is 60.1 Å². The average molecular weight is 353 g/mol. The zero-order valence-electron chi connectivity index (χ0n) is 14.0. The number of aromatic nitrogens is 4. The Labute approximate surface area is 151 Å². The smallest absolute Gasteiger partial charge is 0.197 e. The molecule has 1 aliphatic carbocycles. The van der Waals surface area contributed by atoms with Crippen molar-refractivity contribution in [3.8, 4) is 17.4 Å². The summed E-state index contributed by atoms with van der Waals surface area (Å²) in [6.45, 7) is 2.09. The van der Waals surface area contributed by atoms with E-state index >= 15 is 0 Å². The summed E-state index contributed by atoms with van der Waals surface area (Å²) in [5.74, 6) is 2.69. The van der Waals surface area contributed by atoms with Crippen molar-refractivity contribution in [1.82, 2.24) is 19.9 Å². The maximum absolute atomic E-state index is 6.20. The van der Waals surface area contributed by atoms with E-state index in [9.17, 15) is 0 Å². The lowest BCUT2D eigenvalue weighted by Crippen LogP contribution is -1.96. The van der Waals surface area contributed by atoms with Crippen LogP contribution in [0.25, 0.3) is 11.6 Å². The molecule has 0 N–H and O–H groups in total. The summed E-state index contributed by atoms with van der Waals surface area (Å²) in [6, 6.07) is 5.79. The van der Waals surface area contributed by atoms with E-state index in [4.69, 9.17) is 16.3 Å². The fraction of sp³-hybridized carbons (Fsp3) is 0.263. The number of hydrogen-bond acceptors (Lipinski definition) is 5. The third kappa shape index (κ3) is 3.07. The van der Waals surface area contributed by atoms with Crippen molar-refractivity contribution in [1.29, 1.82) is 0 Å². The number of methoxy groups -OCH3 is 1. The van der Waals surface area contributed by atoms with E-state index < -0.39 is 0 Å². The number of benzene rings is 1. The van der Waals surface area contributed by atoms with Crippen LogP contribution < -0.4 is 4.74 Å². The average Bonchev–Trinajstić information content (AvgIpc) is 3.43. The number of aryl methyl sites for hydroxylation is 1. The van der Waals surface area contributed by atoms with Crippen molar-refractivity contribution in [2.75, 3.05) is 7.11 Å². The molecule has 0 amide bonds. The highest BCUT2D eigenvalue weighted by Gasteiger charge is 2.41. The van der Waals surface area contributed by atoms with Gasteiger partial charge in [-0.1, -0.05) is 11.6 Å². The van der Waals surface area contributed by atoms with Gasteiger partial charge in [-0.15, -0.1) is 0 Å². The molecule has 4 rings (SSSR count). The van der Waals surface area contributed by atoms with Crippen LogP contribution in [0.2, 0.25) is 5.02 Å². The van der Waals surface area contributed by atoms with E-state index in [1.165, 1.54) is 11.1 Å². The largest absolute Gasteiger partial charge is 0.495 e. The summed E-state index contributed by atoms with van der Waals surface area (Å²) in [4.78, 5) is 17.2. The van der Waals surface area contributed by atoms with Gasteiger partial charge in [0.25, 0.3) is 0 Å². The van der Waals surface area contributed by atoms with Crippen molar-refractivity contribution in [3.05, 3.63) is 64.7 Å². The second kappa shape index (κ2) is 6.41. The fourth-order valence-corrected chi connectivity index (χ4v) is 3.49. The highest BCUT2D eigenvalue weighted by atomic mass is 35.5. The summed E-state index contributed by atoms with van der Waals surface area (Å²) >= 11 is 6.20. The number of ether oxygens (including phenoxy) is 1. The standard InChI is InChI=1S/C19H17ClN4O/c1-11-6-16(20)17(25-2)8-13(11)15-7-14(15)12-9-23-19(24-10-12)18-21-4-3-5-22-18/h3-6,8-10,14-15H,7H2,1-2H3/t14-,15-/m0/s1. The molecule has 126 valence electrons. The van der Waals surface area contributed by atoms with Gasteiger partial charge in [0.2, 0.25) is 0 Å². The molecule has 2 heterocycles. The molecular formula is C19H17ClN4O. The molecule has 1 aliphatic rings. The predicted molar refractivity (Wildman–Crippen MR) is 95.9 cm³/mol. The summed E-state index contributed by atoms with van der Waals surface area (Å²) in [5.41, 5.74) is 3.60. The summed E-state index contributed by atoms with van der Waals surface area (Å²) in [5, 5.41) is 0.650. The topological polar surface area (TPSA) is 60.8 Å². The minimum atomic E-state index is 0.426. The number of nitrogens with zero attached hydrogens (tertiary/aromatic N) is 4. The first kappa shape index (κ1) is 16.0. The Morgan fingerprint density at radius 1 is 1.00 bits per heavy atom. The maximum Gasteiger partial charge on any atom is 0.197 e. The van der Waals surface area contributed by atoms with Crippen LogP contribution in [0.5, 0.6) is 5.75 Å². The van der Waals surface area contributed by atoms with Crippen LogP contribution in [0.15, 0.2) is 43.0 Å². The van der Waals surface area contributed by atoms with Gasteiger partial charge in [0.15, 0.2) is 11.6 Å². The Balaban J connectivity index is 1.56. The van der Waals surface area contributed by atoms with E-state index in [1.54, 1.807) is 25.6 Å². The first-order chi connectivity index (χ1) is 12.2. The number of hydrogen-bond donors (Lipinski definition) is 0. The quantitative estimate of drug-likeness (QED) is 0.705. The van der Waals surface area contributed by atoms with Crippen LogP contribution in [0.1, 0.15) is 34.9 Å². The van der Waals surface area contributed by atoms with Crippen LogP contribution in [-0.2, 0) is 0 Å². The molecule has 1 saturated carbocycles. The molecular weight excluding hydrogens is 336 g/mol. The lowest BCUT2D eigenvalue weighted by atomic mass is 10.0. The van der Waals surface area contributed by atoms with E-state index in [0.29, 0.717) is 28.5 Å². The first-order valence-corrected chi connectivity index (χ1v) is 8.48. The molecule has 2 atom stereocenters. The molecule has 0 bridgehead atoms. The monoisotopic (exact) mass is 352 g/mol. The highest BCUT2D eigenvalue weighted by molar-refractivity contribution is 6.32. The Hall–Kier alpha value is -2.53. The Morgan fingerprint density at radius 2 is 1.68 bits per heavy atom. The van der Waals surface area contributed by atoms with Crippen LogP contribution in [0, 0.1) is 6.92 Å². The minimum absolute atomic E-state index is 0.426. The first-order valence-electron chi connectivity index (χ1n) is 8.10. The highest BCUT2D eigenvalue weighted by Crippen LogP contribution is 2.56. The van der Waals surface area contributed by atoms with Crippen molar-refractivity contribution in [2.24, 2.45) is 0 Å². The van der Waals surface area contributed by atoms with Gasteiger partial charge >= 0.3 is 0 Å². The molecule has 25 heavy (non-hydrogen) atoms. The summed E-state index contributed by atoms with van der Waals surface area (Å²) in [7, 11) is 1.64. The van der Waals surface area contributed by atoms with Crippen molar-refractivity contribution >= 4 is 11.6 Å². The molecule has 2 aromatic heterocycles. The van der Waals surface area contributed by atoms with Crippen LogP contribution >= 0.6 is 11.6 Å². The molecule has 0 saturated heterocycles. The molecule has 0 spiro atoms. The molecule has 0 radical (unpaired) electrons. The van der Waals surface area contributed by atoms with Gasteiger partial charge in [-0.2, -0.15) is 0 Å². The fourth-order valence-electron chi connectivity index (χ4n) is 3.19. The maximum atomic E-state index is 6.20. The summed E-state index contributed by atoms with van der Waals surface area (Å²) < 4.78 is 5.35. The summed E-state index contributed by atoms with van der Waals surface area (Å²) in [6.07, 6.45) is 8.22. The van der Waals surface area contributed by atoms with Gasteiger partial charge in [0.1, 0.15) is 5.75 Å². The zero-order chi connectivity index (χ0) is 17.4. The zero-order valence-corrected chi connectivity index (χ0v) is 14.7. The minimum Gasteiger partial charge on any atom is -0.495 e. The SMILES string of the molecule is COc1cc([C@@H]2C[C@H]2c2cnc(-c3ncccn3)nc2)c(C)cc1Cl. The third-order valence-electron chi connectivity index (χ3n) is 4.60. The van der Waals surface area contributed by atoms with Crippen LogP contribution in [0.4, 0.5) is 0 Å². The van der Waals surface area contributed by atoms with Crippen molar-refractivity contribution < 1.29 is 4.74 Å². The van der Waals surface area contributed by atoms with Gasteiger partial charge in [0.05, 0.1) is 12.1 Å². The Kier molecular flexibility index (Phi) is 4.09. The number of rotatable bonds is 4. The number of halogens is 1. The molecule has 0 unspecified atom stereocenters. The molecule has 1 fully saturated rings. The van der Waals surface area contributed by atoms with E-state index in [-0.39, 0.29) is 0 Å². The van der Waals surface area contributed by atoms with E-state index in [2.05, 4.69) is 32.9 Å². The molecule has 6 heteroatoms. The van der Waals surface area contributed by atoms with Crippen LogP contribution in [-0.4, -0.2) is 27.0 Å². The molecule has 5 nitrogen and oxygen atoms in total. The predicted octanol–water partition coefficient (Wildman–Crippen LogP) is 4.18. The van der Waals surface area contributed by atoms with E-state index in [1.807, 2.05) is 18.5 Å². The van der Waals surface area contributed by atoms with E-state index in [0.717, 1.165) is 17.7 Å². The molecule has 1 aromatic carbocycles. The third-order valence-corrected chi connectivity index (χ3v) is 4.89. The second-order valence-electron chi connectivity index (χ2n) is 6.20. The van der Waals surface area contributed by atoms with Gasteiger partial charge < -0.3 is 4.74 Å². The second-order valence-corrected chi connectivity index (χ2v) is 6.61. The normalized spacial score (nSPS) is 18.8. The Bertz CT molecular complexity index is 899. The Morgan fingerprint density at radius 3 is 2.36 bits per heavy atom. The molecule has 3 aromatic rings.